The molecule has 0 spiro atoms. The van der Waals surface area contributed by atoms with E-state index < -0.39 is 12.0 Å². The number of fused-ring (bicyclic) bond motifs is 1. The Kier molecular flexibility index (Phi) is 5.23. The molecule has 0 saturated carbocycles. The molecule has 0 aromatic carbocycles. The second-order valence-corrected chi connectivity index (χ2v) is 5.73. The van der Waals surface area contributed by atoms with E-state index in [0.717, 1.165) is 29.5 Å². The fourth-order valence-electron chi connectivity index (χ4n) is 2.78. The number of hydrogen-bond acceptors (Lipinski definition) is 5. The molecule has 6 heteroatoms. The molecule has 0 saturated heterocycles. The van der Waals surface area contributed by atoms with Crippen LogP contribution in [-0.2, 0) is 16.0 Å². The molecule has 6 nitrogen and oxygen atoms in total. The van der Waals surface area contributed by atoms with Crippen molar-refractivity contribution in [3.05, 3.63) is 27.2 Å². The molecule has 23 heavy (non-hydrogen) atoms. The van der Waals surface area contributed by atoms with Gasteiger partial charge in [0.2, 0.25) is 5.71 Å². The predicted molar refractivity (Wildman–Crippen MR) is 87.7 cm³/mol. The largest absolute Gasteiger partial charge is 0.464 e. The summed E-state index contributed by atoms with van der Waals surface area (Å²) in [4.78, 5) is 24.3. The van der Waals surface area contributed by atoms with Gasteiger partial charge in [-0.25, -0.2) is 14.3 Å². The molecule has 0 aliphatic carbocycles. The van der Waals surface area contributed by atoms with Crippen LogP contribution in [0.2, 0.25) is 0 Å². The number of aromatic nitrogens is 2. The standard InChI is InChI=1S/C17H24N2O4/c1-6-8-9-13-10(3)14-11(4)18-19(15(14)23-17(13)21)12(5)16(20)22-7-2/h12H,6-9H2,1-5H3. The molecular formula is C17H24N2O4. The minimum atomic E-state index is -0.643. The summed E-state index contributed by atoms with van der Waals surface area (Å²) in [5, 5.41) is 5.21. The molecule has 0 amide bonds. The molecule has 1 unspecified atom stereocenters. The fraction of sp³-hybridized carbons (Fsp3) is 0.588. The van der Waals surface area contributed by atoms with E-state index in [1.807, 2.05) is 13.8 Å². The van der Waals surface area contributed by atoms with Crippen molar-refractivity contribution in [3.8, 4) is 0 Å². The summed E-state index contributed by atoms with van der Waals surface area (Å²) in [5.41, 5.74) is 2.33. The number of hydrogen-bond donors (Lipinski definition) is 0. The fourth-order valence-corrected chi connectivity index (χ4v) is 2.78. The highest BCUT2D eigenvalue weighted by atomic mass is 16.5. The lowest BCUT2D eigenvalue weighted by Gasteiger charge is -2.11. The zero-order valence-electron chi connectivity index (χ0n) is 14.4. The van der Waals surface area contributed by atoms with Crippen LogP contribution >= 0.6 is 0 Å². The zero-order valence-corrected chi connectivity index (χ0v) is 14.4. The van der Waals surface area contributed by atoms with Gasteiger partial charge in [0.15, 0.2) is 6.04 Å². The van der Waals surface area contributed by atoms with Crippen molar-refractivity contribution in [1.29, 1.82) is 0 Å². The van der Waals surface area contributed by atoms with Gasteiger partial charge < -0.3 is 9.15 Å². The molecule has 126 valence electrons. The quantitative estimate of drug-likeness (QED) is 0.765. The van der Waals surface area contributed by atoms with Crippen LogP contribution in [0.25, 0.3) is 11.1 Å². The molecule has 0 radical (unpaired) electrons. The first-order valence-corrected chi connectivity index (χ1v) is 8.10. The lowest BCUT2D eigenvalue weighted by Crippen LogP contribution is -2.21. The summed E-state index contributed by atoms with van der Waals surface area (Å²) in [5.74, 6) is -0.396. The van der Waals surface area contributed by atoms with E-state index in [-0.39, 0.29) is 5.63 Å². The van der Waals surface area contributed by atoms with Crippen LogP contribution < -0.4 is 5.63 Å². The summed E-state index contributed by atoms with van der Waals surface area (Å²) in [7, 11) is 0. The Bertz CT molecular complexity index is 773. The molecule has 2 rings (SSSR count). The van der Waals surface area contributed by atoms with Crippen molar-refractivity contribution in [3.63, 3.8) is 0 Å². The van der Waals surface area contributed by atoms with E-state index in [1.165, 1.54) is 4.68 Å². The van der Waals surface area contributed by atoms with E-state index in [4.69, 9.17) is 9.15 Å². The van der Waals surface area contributed by atoms with Crippen LogP contribution in [-0.4, -0.2) is 22.4 Å². The molecule has 0 N–H and O–H groups in total. The molecule has 1 atom stereocenters. The van der Waals surface area contributed by atoms with E-state index >= 15 is 0 Å². The number of esters is 1. The Morgan fingerprint density at radius 2 is 2.04 bits per heavy atom. The minimum Gasteiger partial charge on any atom is -0.464 e. The highest BCUT2D eigenvalue weighted by molar-refractivity contribution is 5.83. The first kappa shape index (κ1) is 17.2. The van der Waals surface area contributed by atoms with Gasteiger partial charge in [0.05, 0.1) is 17.7 Å². The van der Waals surface area contributed by atoms with Gasteiger partial charge in [-0.05, 0) is 46.1 Å². The smallest absolute Gasteiger partial charge is 0.341 e. The monoisotopic (exact) mass is 320 g/mol. The first-order chi connectivity index (χ1) is 10.9. The summed E-state index contributed by atoms with van der Waals surface area (Å²) in [6.07, 6.45) is 2.64. The SMILES string of the molecule is CCCCc1c(C)c2c(C)nn(C(C)C(=O)OCC)c2oc1=O. The normalized spacial score (nSPS) is 12.6. The molecule has 0 aliphatic rings. The van der Waals surface area contributed by atoms with Gasteiger partial charge in [-0.1, -0.05) is 13.3 Å². The molecule has 2 heterocycles. The summed E-state index contributed by atoms with van der Waals surface area (Å²) in [6, 6.07) is -0.643. The van der Waals surface area contributed by atoms with Gasteiger partial charge in [-0.2, -0.15) is 5.10 Å². The lowest BCUT2D eigenvalue weighted by atomic mass is 10.0. The van der Waals surface area contributed by atoms with Crippen LogP contribution in [0.4, 0.5) is 0 Å². The van der Waals surface area contributed by atoms with Gasteiger partial charge in [0, 0.05) is 5.56 Å². The van der Waals surface area contributed by atoms with Crippen molar-refractivity contribution in [2.45, 2.75) is 59.9 Å². The van der Waals surface area contributed by atoms with Crippen molar-refractivity contribution in [2.75, 3.05) is 6.61 Å². The predicted octanol–water partition coefficient (Wildman–Crippen LogP) is 3.07. The number of ether oxygens (including phenoxy) is 1. The Labute approximate surface area is 135 Å². The molecular weight excluding hydrogens is 296 g/mol. The van der Waals surface area contributed by atoms with Crippen LogP contribution in [0.5, 0.6) is 0 Å². The van der Waals surface area contributed by atoms with Crippen LogP contribution in [0.3, 0.4) is 0 Å². The second kappa shape index (κ2) is 6.98. The number of carbonyl (C=O) groups is 1. The van der Waals surface area contributed by atoms with Crippen molar-refractivity contribution < 1.29 is 13.9 Å². The third kappa shape index (κ3) is 3.16. The third-order valence-electron chi connectivity index (χ3n) is 4.08. The van der Waals surface area contributed by atoms with Gasteiger partial charge in [0.25, 0.3) is 0 Å². The summed E-state index contributed by atoms with van der Waals surface area (Å²) in [6.45, 7) is 9.59. The van der Waals surface area contributed by atoms with Crippen LogP contribution in [0.15, 0.2) is 9.21 Å². The van der Waals surface area contributed by atoms with Crippen LogP contribution in [0, 0.1) is 13.8 Å². The Hall–Kier alpha value is -2.11. The van der Waals surface area contributed by atoms with E-state index in [2.05, 4.69) is 12.0 Å². The molecule has 0 bridgehead atoms. The average Bonchev–Trinajstić information content (AvgIpc) is 2.83. The lowest BCUT2D eigenvalue weighted by molar-refractivity contribution is -0.146. The number of nitrogens with zero attached hydrogens (tertiary/aromatic N) is 2. The molecule has 2 aromatic rings. The maximum absolute atomic E-state index is 12.3. The zero-order chi connectivity index (χ0) is 17.1. The minimum absolute atomic E-state index is 0.297. The topological polar surface area (TPSA) is 74.3 Å². The maximum Gasteiger partial charge on any atom is 0.341 e. The number of carbonyl (C=O) groups excluding carboxylic acids is 1. The van der Waals surface area contributed by atoms with Crippen molar-refractivity contribution in [2.24, 2.45) is 0 Å². The van der Waals surface area contributed by atoms with Gasteiger partial charge in [-0.3, -0.25) is 0 Å². The summed E-state index contributed by atoms with van der Waals surface area (Å²) < 4.78 is 12.0. The Morgan fingerprint density at radius 1 is 1.35 bits per heavy atom. The molecule has 0 aliphatic heterocycles. The first-order valence-electron chi connectivity index (χ1n) is 8.10. The maximum atomic E-state index is 12.3. The number of unbranched alkanes of at least 4 members (excludes halogenated alkanes) is 1. The van der Waals surface area contributed by atoms with Crippen molar-refractivity contribution >= 4 is 17.1 Å². The van der Waals surface area contributed by atoms with Crippen molar-refractivity contribution in [1.82, 2.24) is 9.78 Å². The third-order valence-corrected chi connectivity index (χ3v) is 4.08. The highest BCUT2D eigenvalue weighted by Gasteiger charge is 2.24. The van der Waals surface area contributed by atoms with E-state index in [9.17, 15) is 9.59 Å². The van der Waals surface area contributed by atoms with E-state index in [1.54, 1.807) is 13.8 Å². The molecule has 0 fully saturated rings. The van der Waals surface area contributed by atoms with Gasteiger partial charge in [-0.15, -0.1) is 0 Å². The van der Waals surface area contributed by atoms with Gasteiger partial charge in [0.1, 0.15) is 0 Å². The summed E-state index contributed by atoms with van der Waals surface area (Å²) >= 11 is 0. The van der Waals surface area contributed by atoms with Crippen LogP contribution in [0.1, 0.15) is 56.5 Å². The average molecular weight is 320 g/mol. The molecule has 2 aromatic heterocycles. The highest BCUT2D eigenvalue weighted by Crippen LogP contribution is 2.26. The number of rotatable bonds is 6. The van der Waals surface area contributed by atoms with E-state index in [0.29, 0.717) is 24.3 Å². The number of aryl methyl sites for hydroxylation is 2. The van der Waals surface area contributed by atoms with Gasteiger partial charge >= 0.3 is 11.6 Å². The Morgan fingerprint density at radius 3 is 2.65 bits per heavy atom. The Balaban J connectivity index is 2.59. The second-order valence-electron chi connectivity index (χ2n) is 5.73.